The Kier molecular flexibility index (Phi) is 4.50. The fourth-order valence-corrected chi connectivity index (χ4v) is 3.23. The number of hydrogen-bond acceptors (Lipinski definition) is 4. The maximum Gasteiger partial charge on any atom is 0.336 e. The van der Waals surface area contributed by atoms with E-state index in [1.165, 1.54) is 30.5 Å². The molecular formula is C12H8BrClN2O4S. The number of benzene rings is 1. The molecule has 0 bridgehead atoms. The van der Waals surface area contributed by atoms with Crippen molar-refractivity contribution in [1.29, 1.82) is 0 Å². The summed E-state index contributed by atoms with van der Waals surface area (Å²) in [5.41, 5.74) is -0.0471. The zero-order valence-electron chi connectivity index (χ0n) is 10.2. The summed E-state index contributed by atoms with van der Waals surface area (Å²) < 4.78 is 27.0. The summed E-state index contributed by atoms with van der Waals surface area (Å²) in [5, 5.41) is 9.01. The van der Waals surface area contributed by atoms with Crippen LogP contribution in [0, 0.1) is 0 Å². The van der Waals surface area contributed by atoms with Crippen molar-refractivity contribution >= 4 is 49.2 Å². The number of aromatic nitrogens is 1. The Labute approximate surface area is 134 Å². The van der Waals surface area contributed by atoms with Gasteiger partial charge >= 0.3 is 5.97 Å². The molecule has 21 heavy (non-hydrogen) atoms. The van der Waals surface area contributed by atoms with Crippen molar-refractivity contribution in [2.45, 2.75) is 4.90 Å². The van der Waals surface area contributed by atoms with Crippen molar-refractivity contribution in [2.24, 2.45) is 0 Å². The first kappa shape index (κ1) is 15.7. The van der Waals surface area contributed by atoms with E-state index in [1.54, 1.807) is 0 Å². The Morgan fingerprint density at radius 1 is 1.33 bits per heavy atom. The highest BCUT2D eigenvalue weighted by Crippen LogP contribution is 2.25. The molecule has 1 heterocycles. The summed E-state index contributed by atoms with van der Waals surface area (Å²) in [6.45, 7) is 0. The SMILES string of the molecule is O=C(O)c1cc(S(=O)(=O)Nc2cccnc2Cl)ccc1Br. The summed E-state index contributed by atoms with van der Waals surface area (Å²) in [5.74, 6) is -1.24. The van der Waals surface area contributed by atoms with E-state index in [2.05, 4.69) is 25.6 Å². The third-order valence-electron chi connectivity index (χ3n) is 2.48. The van der Waals surface area contributed by atoms with Crippen LogP contribution in [0.15, 0.2) is 45.9 Å². The Bertz CT molecular complexity index is 811. The number of nitrogens with one attached hydrogen (secondary N) is 1. The topological polar surface area (TPSA) is 96.4 Å². The Hall–Kier alpha value is -1.64. The van der Waals surface area contributed by atoms with E-state index in [1.807, 2.05) is 0 Å². The Balaban J connectivity index is 2.43. The van der Waals surface area contributed by atoms with Crippen LogP contribution in [0.3, 0.4) is 0 Å². The maximum absolute atomic E-state index is 12.2. The number of carboxylic acids is 1. The van der Waals surface area contributed by atoms with Gasteiger partial charge in [-0.25, -0.2) is 18.2 Å². The number of halogens is 2. The number of carbonyl (C=O) groups is 1. The minimum absolute atomic E-state index is 0.00311. The number of rotatable bonds is 4. The van der Waals surface area contributed by atoms with Gasteiger partial charge in [-0.3, -0.25) is 4.72 Å². The summed E-state index contributed by atoms with van der Waals surface area (Å²) in [4.78, 5) is 14.6. The van der Waals surface area contributed by atoms with Crippen LogP contribution in [-0.2, 0) is 10.0 Å². The number of anilines is 1. The fourth-order valence-electron chi connectivity index (χ4n) is 1.50. The first-order valence-corrected chi connectivity index (χ1v) is 8.13. The highest BCUT2D eigenvalue weighted by Gasteiger charge is 2.19. The van der Waals surface area contributed by atoms with Crippen molar-refractivity contribution in [2.75, 3.05) is 4.72 Å². The second-order valence-corrected chi connectivity index (χ2v) is 6.79. The molecule has 2 aromatic rings. The summed E-state index contributed by atoms with van der Waals surface area (Å²) >= 11 is 8.83. The van der Waals surface area contributed by atoms with Crippen LogP contribution in [-0.4, -0.2) is 24.5 Å². The third kappa shape index (κ3) is 3.52. The summed E-state index contributed by atoms with van der Waals surface area (Å²) in [7, 11) is -3.97. The van der Waals surface area contributed by atoms with E-state index < -0.39 is 16.0 Å². The summed E-state index contributed by atoms with van der Waals surface area (Å²) in [6.07, 6.45) is 1.42. The lowest BCUT2D eigenvalue weighted by Gasteiger charge is -2.10. The van der Waals surface area contributed by atoms with Crippen LogP contribution >= 0.6 is 27.5 Å². The normalized spacial score (nSPS) is 11.1. The summed E-state index contributed by atoms with van der Waals surface area (Å²) in [6, 6.07) is 6.66. The van der Waals surface area contributed by atoms with E-state index in [0.29, 0.717) is 0 Å². The molecule has 1 aromatic heterocycles. The molecule has 6 nitrogen and oxygen atoms in total. The Morgan fingerprint density at radius 3 is 2.67 bits per heavy atom. The van der Waals surface area contributed by atoms with Gasteiger partial charge < -0.3 is 5.11 Å². The molecule has 0 aliphatic carbocycles. The highest BCUT2D eigenvalue weighted by molar-refractivity contribution is 9.10. The number of pyridine rings is 1. The van der Waals surface area contributed by atoms with Gasteiger partial charge in [-0.05, 0) is 46.3 Å². The quantitative estimate of drug-likeness (QED) is 0.781. The molecular weight excluding hydrogens is 384 g/mol. The van der Waals surface area contributed by atoms with E-state index in [9.17, 15) is 13.2 Å². The van der Waals surface area contributed by atoms with Gasteiger partial charge in [0, 0.05) is 10.7 Å². The van der Waals surface area contributed by atoms with Crippen molar-refractivity contribution in [1.82, 2.24) is 4.98 Å². The molecule has 0 spiro atoms. The average Bonchev–Trinajstić information content (AvgIpc) is 2.41. The smallest absolute Gasteiger partial charge is 0.336 e. The van der Waals surface area contributed by atoms with Gasteiger partial charge in [0.05, 0.1) is 16.1 Å². The average molecular weight is 392 g/mol. The van der Waals surface area contributed by atoms with Gasteiger partial charge in [-0.2, -0.15) is 0 Å². The molecule has 0 unspecified atom stereocenters. The van der Waals surface area contributed by atoms with E-state index in [-0.39, 0.29) is 25.8 Å². The predicted molar refractivity (Wildman–Crippen MR) is 81.2 cm³/mol. The molecule has 0 amide bonds. The molecule has 2 rings (SSSR count). The van der Waals surface area contributed by atoms with Crippen LogP contribution in [0.4, 0.5) is 5.69 Å². The molecule has 1 aromatic carbocycles. The monoisotopic (exact) mass is 390 g/mol. The second kappa shape index (κ2) is 6.00. The molecule has 9 heteroatoms. The lowest BCUT2D eigenvalue weighted by Crippen LogP contribution is -2.14. The zero-order valence-corrected chi connectivity index (χ0v) is 13.4. The number of aromatic carboxylic acids is 1. The first-order valence-electron chi connectivity index (χ1n) is 5.47. The van der Waals surface area contributed by atoms with Gasteiger partial charge in [0.2, 0.25) is 0 Å². The standard InChI is InChI=1S/C12H8BrClN2O4S/c13-9-4-3-7(6-8(9)12(17)18)21(19,20)16-10-2-1-5-15-11(10)14/h1-6,16H,(H,17,18). The molecule has 0 radical (unpaired) electrons. The van der Waals surface area contributed by atoms with Crippen molar-refractivity contribution < 1.29 is 18.3 Å². The van der Waals surface area contributed by atoms with Gasteiger partial charge in [-0.1, -0.05) is 11.6 Å². The van der Waals surface area contributed by atoms with Gasteiger partial charge in [0.1, 0.15) is 0 Å². The highest BCUT2D eigenvalue weighted by atomic mass is 79.9. The minimum Gasteiger partial charge on any atom is -0.478 e. The molecule has 2 N–H and O–H groups in total. The predicted octanol–water partition coefficient (Wildman–Crippen LogP) is 3.00. The molecule has 110 valence electrons. The lowest BCUT2D eigenvalue weighted by atomic mass is 10.2. The van der Waals surface area contributed by atoms with E-state index in [0.717, 1.165) is 6.07 Å². The molecule has 0 fully saturated rings. The minimum atomic E-state index is -3.97. The Morgan fingerprint density at radius 2 is 2.05 bits per heavy atom. The van der Waals surface area contributed by atoms with Crippen LogP contribution in [0.1, 0.15) is 10.4 Å². The fraction of sp³-hybridized carbons (Fsp3) is 0. The van der Waals surface area contributed by atoms with Crippen LogP contribution < -0.4 is 4.72 Å². The third-order valence-corrected chi connectivity index (χ3v) is 4.84. The first-order chi connectivity index (χ1) is 9.81. The largest absolute Gasteiger partial charge is 0.478 e. The van der Waals surface area contributed by atoms with Crippen LogP contribution in [0.25, 0.3) is 0 Å². The second-order valence-electron chi connectivity index (χ2n) is 3.89. The lowest BCUT2D eigenvalue weighted by molar-refractivity contribution is 0.0695. The van der Waals surface area contributed by atoms with Gasteiger partial charge in [-0.15, -0.1) is 0 Å². The number of hydrogen-bond donors (Lipinski definition) is 2. The van der Waals surface area contributed by atoms with E-state index >= 15 is 0 Å². The number of nitrogens with zero attached hydrogens (tertiary/aromatic N) is 1. The van der Waals surface area contributed by atoms with Crippen LogP contribution in [0.2, 0.25) is 5.15 Å². The molecule has 0 aliphatic heterocycles. The molecule has 0 saturated carbocycles. The van der Waals surface area contributed by atoms with E-state index in [4.69, 9.17) is 16.7 Å². The maximum atomic E-state index is 12.2. The van der Waals surface area contributed by atoms with Crippen molar-refractivity contribution in [3.63, 3.8) is 0 Å². The van der Waals surface area contributed by atoms with Crippen LogP contribution in [0.5, 0.6) is 0 Å². The van der Waals surface area contributed by atoms with Gasteiger partial charge in [0.15, 0.2) is 5.15 Å². The van der Waals surface area contributed by atoms with Gasteiger partial charge in [0.25, 0.3) is 10.0 Å². The number of sulfonamides is 1. The van der Waals surface area contributed by atoms with Crippen molar-refractivity contribution in [3.8, 4) is 0 Å². The molecule has 0 saturated heterocycles. The van der Waals surface area contributed by atoms with Crippen molar-refractivity contribution in [3.05, 3.63) is 51.7 Å². The molecule has 0 atom stereocenters. The zero-order chi connectivity index (χ0) is 15.6. The number of carboxylic acid groups (broad SMARTS) is 1. The molecule has 0 aliphatic rings.